The van der Waals surface area contributed by atoms with E-state index >= 15 is 0 Å². The van der Waals surface area contributed by atoms with Crippen molar-refractivity contribution in [1.29, 1.82) is 0 Å². The number of benzene rings is 1. The molecule has 0 aliphatic heterocycles. The monoisotopic (exact) mass is 274 g/mol. The van der Waals surface area contributed by atoms with E-state index in [0.717, 1.165) is 0 Å². The zero-order chi connectivity index (χ0) is 15.6. The summed E-state index contributed by atoms with van der Waals surface area (Å²) in [6.45, 7) is 12.1. The third-order valence-electron chi connectivity index (χ3n) is 3.66. The van der Waals surface area contributed by atoms with Gasteiger partial charge < -0.3 is 5.11 Å². The Morgan fingerprint density at radius 2 is 1.60 bits per heavy atom. The lowest BCUT2D eigenvalue weighted by Gasteiger charge is -2.20. The van der Waals surface area contributed by atoms with Crippen LogP contribution in [-0.2, 0) is 10.2 Å². The smallest absolute Gasteiger partial charge is 0.312 e. The van der Waals surface area contributed by atoms with Crippen LogP contribution in [0.15, 0.2) is 36.4 Å². The Morgan fingerprint density at radius 3 is 2.00 bits per heavy atom. The summed E-state index contributed by atoms with van der Waals surface area (Å²) in [6.07, 6.45) is 3.75. The van der Waals surface area contributed by atoms with Crippen molar-refractivity contribution in [2.24, 2.45) is 5.41 Å². The van der Waals surface area contributed by atoms with Gasteiger partial charge in [-0.3, -0.25) is 4.79 Å². The maximum atomic E-state index is 11.1. The largest absolute Gasteiger partial charge is 0.481 e. The molecule has 1 atom stereocenters. The van der Waals surface area contributed by atoms with Crippen LogP contribution in [0.25, 0.3) is 0 Å². The zero-order valence-electron chi connectivity index (χ0n) is 13.4. The van der Waals surface area contributed by atoms with Crippen LogP contribution in [0.4, 0.5) is 0 Å². The molecule has 2 heteroatoms. The van der Waals surface area contributed by atoms with Gasteiger partial charge in [0.2, 0.25) is 0 Å². The highest BCUT2D eigenvalue weighted by Crippen LogP contribution is 2.26. The molecule has 0 spiro atoms. The molecule has 1 rings (SSSR count). The van der Waals surface area contributed by atoms with Gasteiger partial charge in [0.15, 0.2) is 0 Å². The van der Waals surface area contributed by atoms with Crippen LogP contribution in [0.2, 0.25) is 0 Å². The highest BCUT2D eigenvalue weighted by Gasteiger charge is 2.23. The van der Waals surface area contributed by atoms with Crippen LogP contribution in [0.1, 0.15) is 58.6 Å². The second kappa shape index (κ2) is 5.82. The van der Waals surface area contributed by atoms with Gasteiger partial charge in [0, 0.05) is 0 Å². The molecule has 0 aliphatic rings. The molecule has 0 heterocycles. The Hall–Kier alpha value is -1.57. The summed E-state index contributed by atoms with van der Waals surface area (Å²) in [5.74, 6) is -0.591. The maximum Gasteiger partial charge on any atom is 0.312 e. The Kier molecular flexibility index (Phi) is 4.80. The van der Waals surface area contributed by atoms with E-state index in [1.165, 1.54) is 11.1 Å². The van der Waals surface area contributed by atoms with Crippen molar-refractivity contribution in [1.82, 2.24) is 0 Å². The number of allylic oxidation sites excluding steroid dienone is 1. The Balaban J connectivity index is 2.86. The molecule has 0 radical (unpaired) electrons. The van der Waals surface area contributed by atoms with E-state index in [4.69, 9.17) is 5.11 Å². The molecular weight excluding hydrogens is 248 g/mol. The maximum absolute atomic E-state index is 11.1. The lowest BCUT2D eigenvalue weighted by atomic mass is 9.85. The topological polar surface area (TPSA) is 37.3 Å². The Bertz CT molecular complexity index is 487. The number of aliphatic carboxylic acids is 1. The van der Waals surface area contributed by atoms with Gasteiger partial charge in [-0.25, -0.2) is 0 Å². The predicted octanol–water partition coefficient (Wildman–Crippen LogP) is 4.75. The van der Waals surface area contributed by atoms with Crippen molar-refractivity contribution >= 4 is 5.97 Å². The molecule has 0 bridgehead atoms. The number of hydrogen-bond acceptors (Lipinski definition) is 1. The first-order valence-corrected chi connectivity index (χ1v) is 7.07. The van der Waals surface area contributed by atoms with Crippen LogP contribution >= 0.6 is 0 Å². The second-order valence-electron chi connectivity index (χ2n) is 7.05. The SMILES string of the molecule is CC(C=CC(C)(C)C(=O)O)c1ccc(C(C)(C)C)cc1. The van der Waals surface area contributed by atoms with Crippen molar-refractivity contribution in [2.75, 3.05) is 0 Å². The first-order valence-electron chi connectivity index (χ1n) is 7.07. The van der Waals surface area contributed by atoms with E-state index in [-0.39, 0.29) is 11.3 Å². The molecule has 1 unspecified atom stereocenters. The number of rotatable bonds is 4. The lowest BCUT2D eigenvalue weighted by molar-refractivity contribution is -0.144. The van der Waals surface area contributed by atoms with Crippen LogP contribution in [0.5, 0.6) is 0 Å². The quantitative estimate of drug-likeness (QED) is 0.804. The van der Waals surface area contributed by atoms with Gasteiger partial charge in [0.05, 0.1) is 5.41 Å². The molecule has 0 saturated heterocycles. The fourth-order valence-corrected chi connectivity index (χ4v) is 1.85. The molecule has 0 fully saturated rings. The molecule has 0 aromatic heterocycles. The summed E-state index contributed by atoms with van der Waals surface area (Å²) >= 11 is 0. The van der Waals surface area contributed by atoms with E-state index in [9.17, 15) is 4.79 Å². The highest BCUT2D eigenvalue weighted by atomic mass is 16.4. The molecule has 110 valence electrons. The summed E-state index contributed by atoms with van der Waals surface area (Å²) in [5, 5.41) is 9.10. The van der Waals surface area contributed by atoms with Crippen LogP contribution < -0.4 is 0 Å². The molecule has 0 aliphatic carbocycles. The Labute approximate surface area is 122 Å². The molecule has 0 saturated carbocycles. The van der Waals surface area contributed by atoms with E-state index < -0.39 is 11.4 Å². The first-order chi connectivity index (χ1) is 9.04. The summed E-state index contributed by atoms with van der Waals surface area (Å²) in [6, 6.07) is 8.57. The van der Waals surface area contributed by atoms with Gasteiger partial charge in [-0.15, -0.1) is 0 Å². The lowest BCUT2D eigenvalue weighted by Crippen LogP contribution is -2.20. The van der Waals surface area contributed by atoms with Gasteiger partial charge in [-0.1, -0.05) is 64.1 Å². The third kappa shape index (κ3) is 4.22. The normalized spacial score (nSPS) is 14.5. The van der Waals surface area contributed by atoms with E-state index in [0.29, 0.717) is 0 Å². The summed E-state index contributed by atoms with van der Waals surface area (Å²) < 4.78 is 0. The van der Waals surface area contributed by atoms with E-state index in [2.05, 4.69) is 52.0 Å². The van der Waals surface area contributed by atoms with Gasteiger partial charge in [-0.2, -0.15) is 0 Å². The van der Waals surface area contributed by atoms with Gasteiger partial charge in [0.25, 0.3) is 0 Å². The average Bonchev–Trinajstić information content (AvgIpc) is 2.35. The number of carbonyl (C=O) groups is 1. The summed E-state index contributed by atoms with van der Waals surface area (Å²) in [4.78, 5) is 11.1. The minimum atomic E-state index is -0.820. The molecule has 2 nitrogen and oxygen atoms in total. The first kappa shape index (κ1) is 16.5. The fourth-order valence-electron chi connectivity index (χ4n) is 1.85. The van der Waals surface area contributed by atoms with Crippen LogP contribution in [0, 0.1) is 5.41 Å². The Morgan fingerprint density at radius 1 is 1.10 bits per heavy atom. The molecule has 1 aromatic rings. The van der Waals surface area contributed by atoms with Crippen molar-refractivity contribution in [2.45, 2.75) is 52.9 Å². The van der Waals surface area contributed by atoms with Gasteiger partial charge in [-0.05, 0) is 36.3 Å². The summed E-state index contributed by atoms with van der Waals surface area (Å²) in [5.41, 5.74) is 1.85. The highest BCUT2D eigenvalue weighted by molar-refractivity contribution is 5.75. The van der Waals surface area contributed by atoms with E-state index in [1.807, 2.05) is 6.08 Å². The van der Waals surface area contributed by atoms with Gasteiger partial charge in [0.1, 0.15) is 0 Å². The number of hydrogen-bond donors (Lipinski definition) is 1. The fraction of sp³-hybridized carbons (Fsp3) is 0.500. The average molecular weight is 274 g/mol. The standard InChI is InChI=1S/C18H26O2/c1-13(11-12-18(5,6)16(19)20)14-7-9-15(10-8-14)17(2,3)4/h7-13H,1-6H3,(H,19,20). The molecule has 0 amide bonds. The minimum absolute atomic E-state index is 0.156. The number of carboxylic acids is 1. The van der Waals surface area contributed by atoms with Crippen molar-refractivity contribution in [3.05, 3.63) is 47.5 Å². The van der Waals surface area contributed by atoms with Crippen LogP contribution in [0.3, 0.4) is 0 Å². The second-order valence-corrected chi connectivity index (χ2v) is 7.05. The van der Waals surface area contributed by atoms with Crippen molar-refractivity contribution < 1.29 is 9.90 Å². The van der Waals surface area contributed by atoms with Crippen molar-refractivity contribution in [3.8, 4) is 0 Å². The minimum Gasteiger partial charge on any atom is -0.481 e. The molecular formula is C18H26O2. The third-order valence-corrected chi connectivity index (χ3v) is 3.66. The van der Waals surface area contributed by atoms with Crippen LogP contribution in [-0.4, -0.2) is 11.1 Å². The van der Waals surface area contributed by atoms with Gasteiger partial charge >= 0.3 is 5.97 Å². The molecule has 1 N–H and O–H groups in total. The molecule has 20 heavy (non-hydrogen) atoms. The summed E-state index contributed by atoms with van der Waals surface area (Å²) in [7, 11) is 0. The predicted molar refractivity (Wildman–Crippen MR) is 84.1 cm³/mol. The molecule has 1 aromatic carbocycles. The van der Waals surface area contributed by atoms with E-state index in [1.54, 1.807) is 19.9 Å². The number of carboxylic acid groups (broad SMARTS) is 1. The van der Waals surface area contributed by atoms with Crippen molar-refractivity contribution in [3.63, 3.8) is 0 Å². The zero-order valence-corrected chi connectivity index (χ0v) is 13.4.